The summed E-state index contributed by atoms with van der Waals surface area (Å²) in [5.74, 6) is 2.10. The highest BCUT2D eigenvalue weighted by Gasteiger charge is 2.05. The molecule has 1 aromatic rings. The number of ether oxygens (including phenoxy) is 2. The maximum Gasteiger partial charge on any atom is 0.161 e. The highest BCUT2D eigenvalue weighted by atomic mass is 35.5. The van der Waals surface area contributed by atoms with Crippen LogP contribution in [0.25, 0.3) is 0 Å². The Balaban J connectivity index is 2.67. The maximum atomic E-state index is 5.72. The molecule has 0 saturated heterocycles. The topological polar surface area (TPSA) is 30.5 Å². The fourth-order valence-electron chi connectivity index (χ4n) is 1.34. The van der Waals surface area contributed by atoms with Crippen molar-refractivity contribution in [3.63, 3.8) is 0 Å². The standard InChI is InChI=1S/C12H18ClNO2/c1-9(7-13)14-8-10-4-5-11(15-2)12(6-10)16-3/h4-6,9,14H,7-8H2,1-3H3. The molecule has 16 heavy (non-hydrogen) atoms. The molecule has 1 rings (SSSR count). The van der Waals surface area contributed by atoms with E-state index < -0.39 is 0 Å². The molecule has 0 fully saturated rings. The number of methoxy groups -OCH3 is 2. The van der Waals surface area contributed by atoms with Gasteiger partial charge in [0.05, 0.1) is 14.2 Å². The van der Waals surface area contributed by atoms with Crippen LogP contribution < -0.4 is 14.8 Å². The highest BCUT2D eigenvalue weighted by molar-refractivity contribution is 6.18. The molecule has 0 radical (unpaired) electrons. The van der Waals surface area contributed by atoms with E-state index in [2.05, 4.69) is 5.32 Å². The molecule has 0 heterocycles. The lowest BCUT2D eigenvalue weighted by Crippen LogP contribution is -2.26. The fourth-order valence-corrected chi connectivity index (χ4v) is 1.45. The van der Waals surface area contributed by atoms with Gasteiger partial charge < -0.3 is 14.8 Å². The van der Waals surface area contributed by atoms with Crippen molar-refractivity contribution in [1.82, 2.24) is 5.32 Å². The van der Waals surface area contributed by atoms with Crippen LogP contribution in [0.4, 0.5) is 0 Å². The second-order valence-electron chi connectivity index (χ2n) is 3.63. The molecule has 1 aromatic carbocycles. The summed E-state index contributed by atoms with van der Waals surface area (Å²) in [6.45, 7) is 2.82. The summed E-state index contributed by atoms with van der Waals surface area (Å²) < 4.78 is 10.4. The fraction of sp³-hybridized carbons (Fsp3) is 0.500. The second-order valence-corrected chi connectivity index (χ2v) is 3.93. The second kappa shape index (κ2) is 6.61. The van der Waals surface area contributed by atoms with Crippen molar-refractivity contribution in [3.05, 3.63) is 23.8 Å². The molecular formula is C12H18ClNO2. The van der Waals surface area contributed by atoms with Crippen LogP contribution in [-0.4, -0.2) is 26.1 Å². The minimum absolute atomic E-state index is 0.301. The summed E-state index contributed by atoms with van der Waals surface area (Å²) in [6.07, 6.45) is 0. The van der Waals surface area contributed by atoms with E-state index in [0.717, 1.165) is 23.6 Å². The Hall–Kier alpha value is -0.930. The first kappa shape index (κ1) is 13.1. The normalized spacial score (nSPS) is 12.2. The molecule has 0 amide bonds. The van der Waals surface area contributed by atoms with Gasteiger partial charge in [-0.15, -0.1) is 11.6 Å². The van der Waals surface area contributed by atoms with Gasteiger partial charge in [-0.3, -0.25) is 0 Å². The Morgan fingerprint density at radius 1 is 1.25 bits per heavy atom. The molecule has 0 aliphatic heterocycles. The van der Waals surface area contributed by atoms with Gasteiger partial charge in [-0.2, -0.15) is 0 Å². The average Bonchev–Trinajstić information content (AvgIpc) is 2.35. The Kier molecular flexibility index (Phi) is 5.43. The summed E-state index contributed by atoms with van der Waals surface area (Å²) in [6, 6.07) is 6.18. The molecule has 3 nitrogen and oxygen atoms in total. The van der Waals surface area contributed by atoms with Crippen LogP contribution in [0.2, 0.25) is 0 Å². The Labute approximate surface area is 102 Å². The van der Waals surface area contributed by atoms with E-state index in [1.165, 1.54) is 0 Å². The van der Waals surface area contributed by atoms with E-state index in [1.807, 2.05) is 25.1 Å². The average molecular weight is 244 g/mol. The van der Waals surface area contributed by atoms with Gasteiger partial charge in [0, 0.05) is 18.5 Å². The van der Waals surface area contributed by atoms with Gasteiger partial charge in [0.1, 0.15) is 0 Å². The molecule has 0 bridgehead atoms. The first-order valence-electron chi connectivity index (χ1n) is 5.21. The van der Waals surface area contributed by atoms with E-state index in [0.29, 0.717) is 11.9 Å². The first-order valence-corrected chi connectivity index (χ1v) is 5.75. The SMILES string of the molecule is COc1ccc(CNC(C)CCl)cc1OC. The van der Waals surface area contributed by atoms with Crippen LogP contribution in [0, 0.1) is 0 Å². The number of hydrogen-bond acceptors (Lipinski definition) is 3. The van der Waals surface area contributed by atoms with Crippen molar-refractivity contribution in [1.29, 1.82) is 0 Å². The van der Waals surface area contributed by atoms with E-state index in [4.69, 9.17) is 21.1 Å². The molecule has 90 valence electrons. The van der Waals surface area contributed by atoms with E-state index in [-0.39, 0.29) is 0 Å². The van der Waals surface area contributed by atoms with Crippen LogP contribution in [0.15, 0.2) is 18.2 Å². The van der Waals surface area contributed by atoms with Crippen LogP contribution >= 0.6 is 11.6 Å². The predicted octanol–water partition coefficient (Wildman–Crippen LogP) is 2.42. The lowest BCUT2D eigenvalue weighted by atomic mass is 10.2. The van der Waals surface area contributed by atoms with E-state index in [1.54, 1.807) is 14.2 Å². The van der Waals surface area contributed by atoms with Crippen molar-refractivity contribution in [2.75, 3.05) is 20.1 Å². The molecular weight excluding hydrogens is 226 g/mol. The lowest BCUT2D eigenvalue weighted by Gasteiger charge is -2.12. The van der Waals surface area contributed by atoms with Crippen molar-refractivity contribution in [3.8, 4) is 11.5 Å². The summed E-state index contributed by atoms with van der Waals surface area (Å²) in [5, 5.41) is 3.31. The van der Waals surface area contributed by atoms with Crippen molar-refractivity contribution >= 4 is 11.6 Å². The summed E-state index contributed by atoms with van der Waals surface area (Å²) in [7, 11) is 3.27. The number of halogens is 1. The van der Waals surface area contributed by atoms with Gasteiger partial charge in [0.2, 0.25) is 0 Å². The van der Waals surface area contributed by atoms with Gasteiger partial charge >= 0.3 is 0 Å². The number of alkyl halides is 1. The Morgan fingerprint density at radius 2 is 1.94 bits per heavy atom. The van der Waals surface area contributed by atoms with Crippen LogP contribution in [0.5, 0.6) is 11.5 Å². The Bertz CT molecular complexity index is 331. The summed E-state index contributed by atoms with van der Waals surface area (Å²) >= 11 is 5.72. The molecule has 4 heteroatoms. The van der Waals surface area contributed by atoms with E-state index in [9.17, 15) is 0 Å². The molecule has 0 aliphatic carbocycles. The predicted molar refractivity (Wildman–Crippen MR) is 66.6 cm³/mol. The quantitative estimate of drug-likeness (QED) is 0.779. The van der Waals surface area contributed by atoms with Gasteiger partial charge in [0.15, 0.2) is 11.5 Å². The molecule has 0 saturated carbocycles. The zero-order chi connectivity index (χ0) is 12.0. The molecule has 0 aliphatic rings. The minimum Gasteiger partial charge on any atom is -0.493 e. The molecule has 0 spiro atoms. The van der Waals surface area contributed by atoms with Crippen molar-refractivity contribution < 1.29 is 9.47 Å². The zero-order valence-electron chi connectivity index (χ0n) is 9.92. The third-order valence-electron chi connectivity index (χ3n) is 2.33. The van der Waals surface area contributed by atoms with Gasteiger partial charge in [-0.25, -0.2) is 0 Å². The van der Waals surface area contributed by atoms with Crippen LogP contribution in [0.1, 0.15) is 12.5 Å². The molecule has 1 N–H and O–H groups in total. The summed E-state index contributed by atoms with van der Waals surface area (Å²) in [4.78, 5) is 0. The van der Waals surface area contributed by atoms with Crippen molar-refractivity contribution in [2.24, 2.45) is 0 Å². The number of hydrogen-bond donors (Lipinski definition) is 1. The van der Waals surface area contributed by atoms with Gasteiger partial charge in [-0.05, 0) is 24.6 Å². The highest BCUT2D eigenvalue weighted by Crippen LogP contribution is 2.27. The number of rotatable bonds is 6. The monoisotopic (exact) mass is 243 g/mol. The zero-order valence-corrected chi connectivity index (χ0v) is 10.7. The largest absolute Gasteiger partial charge is 0.493 e. The van der Waals surface area contributed by atoms with E-state index >= 15 is 0 Å². The number of benzene rings is 1. The third-order valence-corrected chi connectivity index (χ3v) is 2.80. The third kappa shape index (κ3) is 3.58. The Morgan fingerprint density at radius 3 is 2.50 bits per heavy atom. The van der Waals surface area contributed by atoms with Gasteiger partial charge in [-0.1, -0.05) is 6.07 Å². The van der Waals surface area contributed by atoms with Crippen LogP contribution in [-0.2, 0) is 6.54 Å². The smallest absolute Gasteiger partial charge is 0.161 e. The minimum atomic E-state index is 0.301. The van der Waals surface area contributed by atoms with Gasteiger partial charge in [0.25, 0.3) is 0 Å². The molecule has 0 aromatic heterocycles. The molecule has 1 unspecified atom stereocenters. The maximum absolute atomic E-state index is 5.72. The lowest BCUT2D eigenvalue weighted by molar-refractivity contribution is 0.354. The summed E-state index contributed by atoms with van der Waals surface area (Å²) in [5.41, 5.74) is 1.15. The number of nitrogens with one attached hydrogen (secondary N) is 1. The van der Waals surface area contributed by atoms with Crippen LogP contribution in [0.3, 0.4) is 0 Å². The van der Waals surface area contributed by atoms with Crippen molar-refractivity contribution in [2.45, 2.75) is 19.5 Å². The first-order chi connectivity index (χ1) is 7.71. The molecule has 1 atom stereocenters.